The molecule has 0 bridgehead atoms. The Labute approximate surface area is 99.1 Å². The first-order valence-corrected chi connectivity index (χ1v) is 7.34. The first-order chi connectivity index (χ1) is 7.43. The molecule has 2 N–H and O–H groups in total. The minimum Gasteiger partial charge on any atom is -0.369 e. The van der Waals surface area contributed by atoms with E-state index >= 15 is 0 Å². The fourth-order valence-electron chi connectivity index (χ4n) is 1.08. The second kappa shape index (κ2) is 5.36. The van der Waals surface area contributed by atoms with Crippen LogP contribution in [-0.4, -0.2) is 25.8 Å². The molecule has 0 saturated carbocycles. The zero-order valence-corrected chi connectivity index (χ0v) is 10.6. The Balaban J connectivity index is 2.94. The van der Waals surface area contributed by atoms with Crippen molar-refractivity contribution in [3.8, 4) is 0 Å². The van der Waals surface area contributed by atoms with Gasteiger partial charge in [-0.15, -0.1) is 0 Å². The molecule has 0 spiro atoms. The van der Waals surface area contributed by atoms with E-state index in [0.29, 0.717) is 9.79 Å². The monoisotopic (exact) mass is 259 g/mol. The molecule has 1 rings (SSSR count). The maximum atomic E-state index is 11.8. The SMILES string of the molecule is CC(C(N)=O)S(=O)c1ccc(S(C)=O)cc1. The smallest absolute Gasteiger partial charge is 0.233 e. The highest BCUT2D eigenvalue weighted by atomic mass is 32.2. The summed E-state index contributed by atoms with van der Waals surface area (Å²) in [6.07, 6.45) is 1.57. The Morgan fingerprint density at radius 1 is 1.19 bits per heavy atom. The van der Waals surface area contributed by atoms with Gasteiger partial charge in [-0.3, -0.25) is 13.2 Å². The number of carbonyl (C=O) groups is 1. The molecule has 88 valence electrons. The quantitative estimate of drug-likeness (QED) is 0.850. The van der Waals surface area contributed by atoms with Crippen LogP contribution >= 0.6 is 0 Å². The molecule has 6 heteroatoms. The van der Waals surface area contributed by atoms with Crippen LogP contribution in [0.1, 0.15) is 6.92 Å². The van der Waals surface area contributed by atoms with Crippen LogP contribution in [0.4, 0.5) is 0 Å². The van der Waals surface area contributed by atoms with Gasteiger partial charge in [0.1, 0.15) is 5.25 Å². The van der Waals surface area contributed by atoms with E-state index < -0.39 is 32.8 Å². The van der Waals surface area contributed by atoms with Crippen molar-refractivity contribution in [3.05, 3.63) is 24.3 Å². The molecule has 1 aromatic rings. The summed E-state index contributed by atoms with van der Waals surface area (Å²) in [5, 5.41) is -0.724. The van der Waals surface area contributed by atoms with Crippen LogP contribution < -0.4 is 5.73 Å². The summed E-state index contributed by atoms with van der Waals surface area (Å²) in [4.78, 5) is 12.0. The second-order valence-corrected chi connectivity index (χ2v) is 6.42. The number of primary amides is 1. The fourth-order valence-corrected chi connectivity index (χ4v) is 2.62. The van der Waals surface area contributed by atoms with E-state index in [9.17, 15) is 13.2 Å². The Morgan fingerprint density at radius 2 is 1.62 bits per heavy atom. The van der Waals surface area contributed by atoms with Gasteiger partial charge in [0.15, 0.2) is 0 Å². The summed E-state index contributed by atoms with van der Waals surface area (Å²) in [6, 6.07) is 6.48. The maximum absolute atomic E-state index is 11.8. The van der Waals surface area contributed by atoms with Crippen molar-refractivity contribution in [2.45, 2.75) is 22.0 Å². The van der Waals surface area contributed by atoms with E-state index in [1.807, 2.05) is 0 Å². The topological polar surface area (TPSA) is 77.2 Å². The van der Waals surface area contributed by atoms with Crippen LogP contribution in [0.5, 0.6) is 0 Å². The molecule has 3 atom stereocenters. The Hall–Kier alpha value is -1.01. The van der Waals surface area contributed by atoms with Crippen molar-refractivity contribution in [1.29, 1.82) is 0 Å². The lowest BCUT2D eigenvalue weighted by atomic mass is 10.4. The zero-order chi connectivity index (χ0) is 12.3. The summed E-state index contributed by atoms with van der Waals surface area (Å²) < 4.78 is 22.9. The van der Waals surface area contributed by atoms with Crippen LogP contribution in [0.3, 0.4) is 0 Å². The predicted molar refractivity (Wildman–Crippen MR) is 63.8 cm³/mol. The average molecular weight is 259 g/mol. The molecule has 0 aliphatic carbocycles. The molecule has 3 unspecified atom stereocenters. The second-order valence-electron chi connectivity index (χ2n) is 3.27. The van der Waals surface area contributed by atoms with E-state index in [1.165, 1.54) is 6.92 Å². The number of carbonyl (C=O) groups excluding carboxylic acids is 1. The lowest BCUT2D eigenvalue weighted by molar-refractivity contribution is -0.117. The van der Waals surface area contributed by atoms with Crippen molar-refractivity contribution in [3.63, 3.8) is 0 Å². The Morgan fingerprint density at radius 3 is 2.00 bits per heavy atom. The third-order valence-corrected chi connectivity index (χ3v) is 4.66. The highest BCUT2D eigenvalue weighted by molar-refractivity contribution is 7.86. The molecule has 0 saturated heterocycles. The number of hydrogen-bond acceptors (Lipinski definition) is 3. The molecule has 0 heterocycles. The van der Waals surface area contributed by atoms with E-state index in [1.54, 1.807) is 30.5 Å². The van der Waals surface area contributed by atoms with Crippen LogP contribution in [-0.2, 0) is 26.4 Å². The van der Waals surface area contributed by atoms with Gasteiger partial charge in [-0.1, -0.05) is 0 Å². The van der Waals surface area contributed by atoms with Gasteiger partial charge in [0, 0.05) is 26.8 Å². The lowest BCUT2D eigenvalue weighted by Gasteiger charge is -2.07. The average Bonchev–Trinajstić information content (AvgIpc) is 2.27. The molecule has 4 nitrogen and oxygen atoms in total. The summed E-state index contributed by atoms with van der Waals surface area (Å²) >= 11 is 0. The molecule has 0 fully saturated rings. The fraction of sp³-hybridized carbons (Fsp3) is 0.300. The third kappa shape index (κ3) is 2.99. The van der Waals surface area contributed by atoms with E-state index in [-0.39, 0.29) is 0 Å². The van der Waals surface area contributed by atoms with Crippen molar-refractivity contribution in [2.75, 3.05) is 6.26 Å². The number of benzene rings is 1. The largest absolute Gasteiger partial charge is 0.369 e. The number of amides is 1. The molecule has 1 aromatic carbocycles. The van der Waals surface area contributed by atoms with Gasteiger partial charge in [-0.2, -0.15) is 0 Å². The molecule has 0 aromatic heterocycles. The summed E-state index contributed by atoms with van der Waals surface area (Å²) in [6.45, 7) is 1.52. The third-order valence-electron chi connectivity index (χ3n) is 2.11. The normalized spacial score (nSPS) is 16.4. The van der Waals surface area contributed by atoms with E-state index in [0.717, 1.165) is 0 Å². The van der Waals surface area contributed by atoms with E-state index in [4.69, 9.17) is 5.73 Å². The van der Waals surface area contributed by atoms with Crippen molar-refractivity contribution < 1.29 is 13.2 Å². The molecule has 0 aliphatic heterocycles. The van der Waals surface area contributed by atoms with Gasteiger partial charge < -0.3 is 5.73 Å². The van der Waals surface area contributed by atoms with Crippen molar-refractivity contribution in [1.82, 2.24) is 0 Å². The van der Waals surface area contributed by atoms with Crippen LogP contribution in [0, 0.1) is 0 Å². The molecule has 1 amide bonds. The van der Waals surface area contributed by atoms with Crippen molar-refractivity contribution >= 4 is 27.5 Å². The molecule has 16 heavy (non-hydrogen) atoms. The zero-order valence-electron chi connectivity index (χ0n) is 9.01. The number of rotatable bonds is 4. The Bertz CT molecular complexity index is 442. The van der Waals surface area contributed by atoms with Gasteiger partial charge in [0.25, 0.3) is 0 Å². The van der Waals surface area contributed by atoms with Gasteiger partial charge in [0.05, 0.1) is 10.8 Å². The van der Waals surface area contributed by atoms with E-state index in [2.05, 4.69) is 0 Å². The van der Waals surface area contributed by atoms with Gasteiger partial charge in [-0.05, 0) is 31.2 Å². The van der Waals surface area contributed by atoms with Gasteiger partial charge in [0.2, 0.25) is 5.91 Å². The molecular weight excluding hydrogens is 246 g/mol. The Kier molecular flexibility index (Phi) is 4.37. The van der Waals surface area contributed by atoms with Gasteiger partial charge in [-0.25, -0.2) is 0 Å². The van der Waals surface area contributed by atoms with Crippen LogP contribution in [0.2, 0.25) is 0 Å². The molecular formula is C10H13NO3S2. The minimum absolute atomic E-state index is 0.514. The lowest BCUT2D eigenvalue weighted by Crippen LogP contribution is -2.29. The predicted octanol–water partition coefficient (Wildman–Crippen LogP) is 0.405. The molecule has 0 radical (unpaired) electrons. The highest BCUT2D eigenvalue weighted by Gasteiger charge is 2.18. The first kappa shape index (κ1) is 13.1. The minimum atomic E-state index is -1.45. The van der Waals surface area contributed by atoms with Gasteiger partial charge >= 0.3 is 0 Å². The van der Waals surface area contributed by atoms with Crippen LogP contribution in [0.15, 0.2) is 34.1 Å². The van der Waals surface area contributed by atoms with Crippen molar-refractivity contribution in [2.24, 2.45) is 5.73 Å². The standard InChI is InChI=1S/C10H13NO3S2/c1-7(10(11)12)16(14)9-5-3-8(4-6-9)15(2)13/h3-7H,1-2H3,(H2,11,12). The number of hydrogen-bond donors (Lipinski definition) is 1. The highest BCUT2D eigenvalue weighted by Crippen LogP contribution is 2.14. The first-order valence-electron chi connectivity index (χ1n) is 4.57. The number of nitrogens with two attached hydrogens (primary N) is 1. The van der Waals surface area contributed by atoms with Crippen LogP contribution in [0.25, 0.3) is 0 Å². The molecule has 0 aliphatic rings. The summed E-state index contributed by atoms with van der Waals surface area (Å²) in [7, 11) is -2.51. The summed E-state index contributed by atoms with van der Waals surface area (Å²) in [5.41, 5.74) is 5.07. The maximum Gasteiger partial charge on any atom is 0.233 e. The summed E-state index contributed by atoms with van der Waals surface area (Å²) in [5.74, 6) is -0.596.